The molecule has 0 saturated heterocycles. The molecule has 1 aromatic rings. The molecule has 0 spiro atoms. The Morgan fingerprint density at radius 2 is 2.14 bits per heavy atom. The second-order valence-corrected chi connectivity index (χ2v) is 7.70. The van der Waals surface area contributed by atoms with Crippen LogP contribution in [0.5, 0.6) is 0 Å². The lowest BCUT2D eigenvalue weighted by atomic mass is 9.65. The van der Waals surface area contributed by atoms with E-state index in [1.54, 1.807) is 6.20 Å². The van der Waals surface area contributed by atoms with Crippen molar-refractivity contribution in [1.82, 2.24) is 15.1 Å². The van der Waals surface area contributed by atoms with Crippen LogP contribution in [-0.2, 0) is 0 Å². The van der Waals surface area contributed by atoms with E-state index in [9.17, 15) is 0 Å². The largest absolute Gasteiger partial charge is 0.309 e. The molecular weight excluding hydrogens is 282 g/mol. The average molecular weight is 312 g/mol. The Morgan fingerprint density at radius 3 is 2.71 bits per heavy atom. The van der Waals surface area contributed by atoms with E-state index in [1.165, 1.54) is 31.4 Å². The summed E-state index contributed by atoms with van der Waals surface area (Å²) in [6.07, 6.45) is 7.04. The monoisotopic (exact) mass is 311 g/mol. The molecule has 1 fully saturated rings. The molecule has 0 amide bonds. The first kappa shape index (κ1) is 16.8. The third-order valence-corrected chi connectivity index (χ3v) is 5.28. The van der Waals surface area contributed by atoms with Crippen molar-refractivity contribution in [2.75, 3.05) is 6.54 Å². The SMILES string of the molecule is CCNC(c1c(Cl)cnn1C(C)C)C1CCCCC1(C)C. The first-order valence-corrected chi connectivity index (χ1v) is 8.72. The van der Waals surface area contributed by atoms with Gasteiger partial charge in [0, 0.05) is 6.04 Å². The highest BCUT2D eigenvalue weighted by molar-refractivity contribution is 6.31. The normalized spacial score (nSPS) is 23.5. The highest BCUT2D eigenvalue weighted by Crippen LogP contribution is 2.48. The third-order valence-electron chi connectivity index (χ3n) is 4.99. The summed E-state index contributed by atoms with van der Waals surface area (Å²) in [6.45, 7) is 12.3. The summed E-state index contributed by atoms with van der Waals surface area (Å²) in [5, 5.41) is 9.01. The second kappa shape index (κ2) is 6.70. The molecule has 2 unspecified atom stereocenters. The van der Waals surface area contributed by atoms with Crippen LogP contribution in [0.4, 0.5) is 0 Å². The summed E-state index contributed by atoms with van der Waals surface area (Å²) in [5.74, 6) is 0.609. The summed E-state index contributed by atoms with van der Waals surface area (Å²) in [5.41, 5.74) is 1.52. The molecule has 3 nitrogen and oxygen atoms in total. The van der Waals surface area contributed by atoms with Gasteiger partial charge in [-0.15, -0.1) is 0 Å². The van der Waals surface area contributed by atoms with Crippen LogP contribution in [0.15, 0.2) is 6.20 Å². The Kier molecular flexibility index (Phi) is 5.37. The number of rotatable bonds is 5. The minimum atomic E-state index is 0.294. The lowest BCUT2D eigenvalue weighted by molar-refractivity contribution is 0.0948. The van der Waals surface area contributed by atoms with Gasteiger partial charge in [0.2, 0.25) is 0 Å². The van der Waals surface area contributed by atoms with Crippen molar-refractivity contribution in [1.29, 1.82) is 0 Å². The summed E-state index contributed by atoms with van der Waals surface area (Å²) in [6, 6.07) is 0.628. The lowest BCUT2D eigenvalue weighted by Crippen LogP contribution is -2.40. The fraction of sp³-hybridized carbons (Fsp3) is 0.824. The molecule has 0 bridgehead atoms. The number of nitrogens with zero attached hydrogens (tertiary/aromatic N) is 2. The molecule has 1 saturated carbocycles. The van der Waals surface area contributed by atoms with Crippen molar-refractivity contribution in [3.05, 3.63) is 16.9 Å². The van der Waals surface area contributed by atoms with E-state index in [0.29, 0.717) is 23.4 Å². The van der Waals surface area contributed by atoms with E-state index < -0.39 is 0 Å². The van der Waals surface area contributed by atoms with Crippen molar-refractivity contribution in [3.8, 4) is 0 Å². The Morgan fingerprint density at radius 1 is 1.43 bits per heavy atom. The van der Waals surface area contributed by atoms with Crippen LogP contribution in [0.25, 0.3) is 0 Å². The fourth-order valence-electron chi connectivity index (χ4n) is 3.84. The molecule has 2 atom stereocenters. The standard InChI is InChI=1S/C17H30ClN3/c1-6-19-15(13-9-7-8-10-17(13,4)5)16-14(18)11-20-21(16)12(2)3/h11-13,15,19H,6-10H2,1-5H3. The van der Waals surface area contributed by atoms with Gasteiger partial charge < -0.3 is 5.32 Å². The Bertz CT molecular complexity index is 465. The average Bonchev–Trinajstić information content (AvgIpc) is 2.78. The molecule has 21 heavy (non-hydrogen) atoms. The smallest absolute Gasteiger partial charge is 0.0834 e. The second-order valence-electron chi connectivity index (χ2n) is 7.29. The van der Waals surface area contributed by atoms with E-state index in [4.69, 9.17) is 11.6 Å². The molecule has 0 aromatic carbocycles. The minimum Gasteiger partial charge on any atom is -0.309 e. The van der Waals surface area contributed by atoms with Gasteiger partial charge in [-0.05, 0) is 44.6 Å². The molecule has 1 aliphatic rings. The zero-order valence-electron chi connectivity index (χ0n) is 14.1. The van der Waals surface area contributed by atoms with Crippen molar-refractivity contribution in [3.63, 3.8) is 0 Å². The predicted octanol–water partition coefficient (Wildman–Crippen LogP) is 4.98. The van der Waals surface area contributed by atoms with Crippen molar-refractivity contribution < 1.29 is 0 Å². The molecule has 4 heteroatoms. The summed E-state index contributed by atoms with van der Waals surface area (Å²) in [4.78, 5) is 0. The van der Waals surface area contributed by atoms with Crippen LogP contribution in [-0.4, -0.2) is 16.3 Å². The zero-order chi connectivity index (χ0) is 15.6. The van der Waals surface area contributed by atoms with Gasteiger partial charge in [0.25, 0.3) is 0 Å². The maximum atomic E-state index is 6.51. The first-order valence-electron chi connectivity index (χ1n) is 8.34. The number of hydrogen-bond donors (Lipinski definition) is 1. The maximum absolute atomic E-state index is 6.51. The van der Waals surface area contributed by atoms with Crippen molar-refractivity contribution in [2.24, 2.45) is 11.3 Å². The summed E-state index contributed by atoms with van der Waals surface area (Å²) < 4.78 is 2.10. The highest BCUT2D eigenvalue weighted by Gasteiger charge is 2.40. The molecule has 120 valence electrons. The number of hydrogen-bond acceptors (Lipinski definition) is 2. The van der Waals surface area contributed by atoms with Crippen molar-refractivity contribution >= 4 is 11.6 Å². The van der Waals surface area contributed by atoms with Gasteiger partial charge in [0.15, 0.2) is 0 Å². The topological polar surface area (TPSA) is 29.9 Å². The van der Waals surface area contributed by atoms with Crippen LogP contribution in [0, 0.1) is 11.3 Å². The van der Waals surface area contributed by atoms with E-state index in [1.807, 2.05) is 0 Å². The molecule has 0 aliphatic heterocycles. The van der Waals surface area contributed by atoms with E-state index >= 15 is 0 Å². The van der Waals surface area contributed by atoms with E-state index in [0.717, 1.165) is 11.6 Å². The van der Waals surface area contributed by atoms with Gasteiger partial charge in [0.1, 0.15) is 0 Å². The van der Waals surface area contributed by atoms with Crippen LogP contribution in [0.3, 0.4) is 0 Å². The third kappa shape index (κ3) is 3.45. The van der Waals surface area contributed by atoms with Gasteiger partial charge in [-0.3, -0.25) is 4.68 Å². The quantitative estimate of drug-likeness (QED) is 0.830. The number of nitrogens with one attached hydrogen (secondary N) is 1. The molecule has 0 radical (unpaired) electrons. The van der Waals surface area contributed by atoms with Crippen LogP contribution < -0.4 is 5.32 Å². The van der Waals surface area contributed by atoms with Gasteiger partial charge in [-0.25, -0.2) is 0 Å². The fourth-order valence-corrected chi connectivity index (χ4v) is 4.09. The highest BCUT2D eigenvalue weighted by atomic mass is 35.5. The Labute approximate surface area is 134 Å². The minimum absolute atomic E-state index is 0.294. The Hall–Kier alpha value is -0.540. The van der Waals surface area contributed by atoms with E-state index in [-0.39, 0.29) is 0 Å². The lowest BCUT2D eigenvalue weighted by Gasteiger charge is -2.44. The molecular formula is C17H30ClN3. The van der Waals surface area contributed by atoms with Gasteiger partial charge in [-0.1, -0.05) is 45.2 Å². The van der Waals surface area contributed by atoms with E-state index in [2.05, 4.69) is 49.7 Å². The Balaban J connectivity index is 2.41. The maximum Gasteiger partial charge on any atom is 0.0834 e. The molecule has 1 aromatic heterocycles. The molecule has 1 aliphatic carbocycles. The zero-order valence-corrected chi connectivity index (χ0v) is 14.9. The summed E-state index contributed by atoms with van der Waals surface area (Å²) in [7, 11) is 0. The number of halogens is 1. The molecule has 1 N–H and O–H groups in total. The predicted molar refractivity (Wildman–Crippen MR) is 89.8 cm³/mol. The molecule has 1 heterocycles. The van der Waals surface area contributed by atoms with Gasteiger partial charge >= 0.3 is 0 Å². The van der Waals surface area contributed by atoms with Crippen LogP contribution in [0.1, 0.15) is 78.1 Å². The van der Waals surface area contributed by atoms with Gasteiger partial charge in [0.05, 0.1) is 23.0 Å². The van der Waals surface area contributed by atoms with Crippen LogP contribution in [0.2, 0.25) is 5.02 Å². The molecule has 2 rings (SSSR count). The van der Waals surface area contributed by atoms with Crippen molar-refractivity contribution in [2.45, 2.75) is 72.4 Å². The van der Waals surface area contributed by atoms with Crippen LogP contribution >= 0.6 is 11.6 Å². The number of aromatic nitrogens is 2. The van der Waals surface area contributed by atoms with Gasteiger partial charge in [-0.2, -0.15) is 5.10 Å². The first-order chi connectivity index (χ1) is 9.88. The summed E-state index contributed by atoms with van der Waals surface area (Å²) >= 11 is 6.51.